The van der Waals surface area contributed by atoms with Gasteiger partial charge in [0.1, 0.15) is 10.8 Å². The van der Waals surface area contributed by atoms with E-state index in [4.69, 9.17) is 23.1 Å². The van der Waals surface area contributed by atoms with E-state index in [1.165, 1.54) is 6.07 Å². The quantitative estimate of drug-likeness (QED) is 0.787. The summed E-state index contributed by atoms with van der Waals surface area (Å²) in [6, 6.07) is 4.90. The Bertz CT molecular complexity index is 409. The van der Waals surface area contributed by atoms with E-state index in [1.807, 2.05) is 18.7 Å². The molecule has 0 aliphatic rings. The summed E-state index contributed by atoms with van der Waals surface area (Å²) in [5.41, 5.74) is 6.36. The van der Waals surface area contributed by atoms with Gasteiger partial charge in [-0.2, -0.15) is 0 Å². The first-order valence-electron chi connectivity index (χ1n) is 5.44. The van der Waals surface area contributed by atoms with Crippen molar-refractivity contribution < 1.29 is 9.50 Å². The van der Waals surface area contributed by atoms with Crippen LogP contribution in [0.5, 0.6) is 0 Å². The minimum Gasteiger partial charge on any atom is -0.395 e. The SMILES string of the molecule is CC(C)N(CCO)c1ccc(C(N)=S)c(F)c1. The standard InChI is InChI=1S/C12H17FN2OS/c1-8(2)15(5-6-16)9-3-4-10(12(14)17)11(13)7-9/h3-4,7-8,16H,5-6H2,1-2H3,(H2,14,17). The molecule has 0 aliphatic heterocycles. The molecule has 3 N–H and O–H groups in total. The van der Waals surface area contributed by atoms with Crippen LogP contribution in [0.1, 0.15) is 19.4 Å². The number of nitrogens with zero attached hydrogens (tertiary/aromatic N) is 1. The van der Waals surface area contributed by atoms with Crippen LogP contribution in [-0.2, 0) is 0 Å². The predicted molar refractivity (Wildman–Crippen MR) is 71.9 cm³/mol. The van der Waals surface area contributed by atoms with Crippen molar-refractivity contribution in [2.45, 2.75) is 19.9 Å². The summed E-state index contributed by atoms with van der Waals surface area (Å²) in [7, 11) is 0. The molecule has 0 unspecified atom stereocenters. The number of halogens is 1. The minimum atomic E-state index is -0.432. The van der Waals surface area contributed by atoms with Crippen molar-refractivity contribution in [3.63, 3.8) is 0 Å². The van der Waals surface area contributed by atoms with Crippen LogP contribution < -0.4 is 10.6 Å². The van der Waals surface area contributed by atoms with Crippen LogP contribution in [-0.4, -0.2) is 29.3 Å². The van der Waals surface area contributed by atoms with E-state index in [0.717, 1.165) is 0 Å². The van der Waals surface area contributed by atoms with E-state index in [-0.39, 0.29) is 23.2 Å². The van der Waals surface area contributed by atoms with E-state index in [0.29, 0.717) is 12.2 Å². The van der Waals surface area contributed by atoms with Gasteiger partial charge in [-0.3, -0.25) is 0 Å². The zero-order chi connectivity index (χ0) is 13.0. The summed E-state index contributed by atoms with van der Waals surface area (Å²) in [6.07, 6.45) is 0. The maximum atomic E-state index is 13.7. The molecule has 0 radical (unpaired) electrons. The topological polar surface area (TPSA) is 49.5 Å². The van der Waals surface area contributed by atoms with E-state index < -0.39 is 5.82 Å². The Balaban J connectivity index is 3.06. The second-order valence-electron chi connectivity index (χ2n) is 4.04. The Morgan fingerprint density at radius 1 is 1.53 bits per heavy atom. The van der Waals surface area contributed by atoms with Gasteiger partial charge >= 0.3 is 0 Å². The second-order valence-corrected chi connectivity index (χ2v) is 4.48. The van der Waals surface area contributed by atoms with Crippen molar-refractivity contribution in [1.29, 1.82) is 0 Å². The van der Waals surface area contributed by atoms with E-state index in [2.05, 4.69) is 0 Å². The first-order valence-corrected chi connectivity index (χ1v) is 5.85. The summed E-state index contributed by atoms with van der Waals surface area (Å²) in [6.45, 7) is 4.45. The second kappa shape index (κ2) is 5.93. The molecule has 1 aromatic carbocycles. The van der Waals surface area contributed by atoms with Crippen molar-refractivity contribution >= 4 is 22.9 Å². The van der Waals surface area contributed by atoms with Crippen molar-refractivity contribution in [1.82, 2.24) is 0 Å². The maximum Gasteiger partial charge on any atom is 0.135 e. The fraction of sp³-hybridized carbons (Fsp3) is 0.417. The summed E-state index contributed by atoms with van der Waals surface area (Å²) >= 11 is 4.75. The van der Waals surface area contributed by atoms with Gasteiger partial charge in [-0.1, -0.05) is 12.2 Å². The Hall–Kier alpha value is -1.20. The van der Waals surface area contributed by atoms with Crippen LogP contribution in [0, 0.1) is 5.82 Å². The average molecular weight is 256 g/mol. The third kappa shape index (κ3) is 3.38. The molecule has 0 saturated heterocycles. The highest BCUT2D eigenvalue weighted by Crippen LogP contribution is 2.20. The number of rotatable bonds is 5. The highest BCUT2D eigenvalue weighted by molar-refractivity contribution is 7.80. The molecule has 0 heterocycles. The molecular weight excluding hydrogens is 239 g/mol. The highest BCUT2D eigenvalue weighted by Gasteiger charge is 2.13. The third-order valence-electron chi connectivity index (χ3n) is 2.51. The Morgan fingerprint density at radius 2 is 2.18 bits per heavy atom. The average Bonchev–Trinajstić information content (AvgIpc) is 2.24. The van der Waals surface area contributed by atoms with Crippen LogP contribution in [0.15, 0.2) is 18.2 Å². The molecule has 1 aromatic rings. The van der Waals surface area contributed by atoms with Crippen molar-refractivity contribution in [2.24, 2.45) is 5.73 Å². The van der Waals surface area contributed by atoms with Crippen LogP contribution in [0.2, 0.25) is 0 Å². The smallest absolute Gasteiger partial charge is 0.135 e. The largest absolute Gasteiger partial charge is 0.395 e. The highest BCUT2D eigenvalue weighted by atomic mass is 32.1. The van der Waals surface area contributed by atoms with Crippen LogP contribution in [0.4, 0.5) is 10.1 Å². The summed E-state index contributed by atoms with van der Waals surface area (Å²) in [5, 5.41) is 8.98. The first-order chi connectivity index (χ1) is 7.97. The lowest BCUT2D eigenvalue weighted by Gasteiger charge is -2.28. The molecule has 0 aromatic heterocycles. The number of hydrogen-bond donors (Lipinski definition) is 2. The molecule has 0 saturated carbocycles. The van der Waals surface area contributed by atoms with Crippen molar-refractivity contribution in [2.75, 3.05) is 18.1 Å². The zero-order valence-corrected chi connectivity index (χ0v) is 10.8. The van der Waals surface area contributed by atoms with Gasteiger partial charge in [0.15, 0.2) is 0 Å². The van der Waals surface area contributed by atoms with Gasteiger partial charge in [-0.25, -0.2) is 4.39 Å². The summed E-state index contributed by atoms with van der Waals surface area (Å²) < 4.78 is 13.7. The summed E-state index contributed by atoms with van der Waals surface area (Å²) in [5.74, 6) is -0.432. The van der Waals surface area contributed by atoms with E-state index in [9.17, 15) is 4.39 Å². The van der Waals surface area contributed by atoms with Crippen molar-refractivity contribution in [3.8, 4) is 0 Å². The fourth-order valence-corrected chi connectivity index (χ4v) is 1.84. The number of nitrogens with two attached hydrogens (primary N) is 1. The van der Waals surface area contributed by atoms with Gasteiger partial charge in [-0.15, -0.1) is 0 Å². The van der Waals surface area contributed by atoms with Gasteiger partial charge < -0.3 is 15.7 Å². The van der Waals surface area contributed by atoms with Crippen molar-refractivity contribution in [3.05, 3.63) is 29.6 Å². The van der Waals surface area contributed by atoms with Gasteiger partial charge in [0, 0.05) is 23.8 Å². The van der Waals surface area contributed by atoms with Gasteiger partial charge in [0.25, 0.3) is 0 Å². The van der Waals surface area contributed by atoms with Gasteiger partial charge in [0.05, 0.1) is 6.61 Å². The first kappa shape index (κ1) is 13.9. The van der Waals surface area contributed by atoms with Gasteiger partial charge in [0.2, 0.25) is 0 Å². The van der Waals surface area contributed by atoms with E-state index in [1.54, 1.807) is 12.1 Å². The molecule has 0 spiro atoms. The molecule has 3 nitrogen and oxygen atoms in total. The molecule has 0 aliphatic carbocycles. The normalized spacial score (nSPS) is 10.6. The number of hydrogen-bond acceptors (Lipinski definition) is 3. The third-order valence-corrected chi connectivity index (χ3v) is 2.73. The molecule has 0 fully saturated rings. The minimum absolute atomic E-state index is 0.0247. The Kier molecular flexibility index (Phi) is 4.84. The van der Waals surface area contributed by atoms with Gasteiger partial charge in [-0.05, 0) is 32.0 Å². The van der Waals surface area contributed by atoms with Crippen LogP contribution >= 0.6 is 12.2 Å². The Morgan fingerprint density at radius 3 is 2.59 bits per heavy atom. The Labute approximate surface area is 106 Å². The monoisotopic (exact) mass is 256 g/mol. The molecule has 94 valence electrons. The lowest BCUT2D eigenvalue weighted by atomic mass is 10.1. The lowest BCUT2D eigenvalue weighted by molar-refractivity contribution is 0.299. The zero-order valence-electron chi connectivity index (χ0n) is 9.98. The maximum absolute atomic E-state index is 13.7. The number of aliphatic hydroxyl groups excluding tert-OH is 1. The number of thiocarbonyl (C=S) groups is 1. The molecule has 0 bridgehead atoms. The van der Waals surface area contributed by atoms with E-state index >= 15 is 0 Å². The number of benzene rings is 1. The number of aliphatic hydroxyl groups is 1. The molecule has 1 rings (SSSR count). The number of anilines is 1. The molecule has 5 heteroatoms. The fourth-order valence-electron chi connectivity index (χ4n) is 1.68. The van der Waals surface area contributed by atoms with Crippen LogP contribution in [0.25, 0.3) is 0 Å². The molecule has 17 heavy (non-hydrogen) atoms. The predicted octanol–water partition coefficient (Wildman–Crippen LogP) is 1.67. The molecule has 0 amide bonds. The summed E-state index contributed by atoms with van der Waals surface area (Å²) in [4.78, 5) is 1.96. The molecular formula is C12H17FN2OS. The lowest BCUT2D eigenvalue weighted by Crippen LogP contribution is -2.33. The molecule has 0 atom stereocenters. The van der Waals surface area contributed by atoms with Crippen LogP contribution in [0.3, 0.4) is 0 Å².